The molecule has 8 heteroatoms. The minimum Gasteiger partial charge on any atom is -0.465 e. The van der Waals surface area contributed by atoms with E-state index in [1.807, 2.05) is 0 Å². The predicted molar refractivity (Wildman–Crippen MR) is 150 cm³/mol. The van der Waals surface area contributed by atoms with Gasteiger partial charge in [-0.25, -0.2) is 4.79 Å². The Morgan fingerprint density at radius 1 is 0.838 bits per heavy atom. The number of esters is 1. The van der Waals surface area contributed by atoms with Gasteiger partial charge in [0.15, 0.2) is 0 Å². The molecule has 0 atom stereocenters. The molecule has 1 N–H and O–H groups in total. The third-order valence-corrected chi connectivity index (χ3v) is 6.92. The molecular formula is C29H54N3O5+. The highest BCUT2D eigenvalue weighted by Gasteiger charge is 2.15. The lowest BCUT2D eigenvalue weighted by Gasteiger charge is -2.29. The second-order valence-electron chi connectivity index (χ2n) is 11.0. The number of aryl methyl sites for hydroxylation is 1. The van der Waals surface area contributed by atoms with Gasteiger partial charge in [-0.3, -0.25) is 19.1 Å². The maximum absolute atomic E-state index is 12.0. The average Bonchev–Trinajstić information content (AvgIpc) is 2.85. The van der Waals surface area contributed by atoms with E-state index in [0.29, 0.717) is 25.2 Å². The Morgan fingerprint density at radius 3 is 2.00 bits per heavy atom. The van der Waals surface area contributed by atoms with Crippen molar-refractivity contribution in [2.45, 2.75) is 117 Å². The molecule has 0 bridgehead atoms. The van der Waals surface area contributed by atoms with E-state index in [9.17, 15) is 14.4 Å². The van der Waals surface area contributed by atoms with Crippen LogP contribution in [0.2, 0.25) is 0 Å². The monoisotopic (exact) mass is 524 g/mol. The van der Waals surface area contributed by atoms with Gasteiger partial charge < -0.3 is 14.0 Å². The summed E-state index contributed by atoms with van der Waals surface area (Å²) in [6.45, 7) is 6.59. The molecule has 0 aliphatic heterocycles. The van der Waals surface area contributed by atoms with Crippen LogP contribution >= 0.6 is 0 Å². The fourth-order valence-corrected chi connectivity index (χ4v) is 4.34. The number of aromatic nitrogens is 2. The van der Waals surface area contributed by atoms with Crippen LogP contribution < -0.4 is 11.2 Å². The minimum absolute atomic E-state index is 0.0849. The summed E-state index contributed by atoms with van der Waals surface area (Å²) in [4.78, 5) is 37.5. The summed E-state index contributed by atoms with van der Waals surface area (Å²) < 4.78 is 13.1. The summed E-state index contributed by atoms with van der Waals surface area (Å²) in [6.07, 6.45) is 19.7. The van der Waals surface area contributed by atoms with Crippen LogP contribution in [-0.2, 0) is 21.0 Å². The number of hydrogen-bond donors (Lipinski definition) is 1. The SMILES string of the molecule is CCCCCCCCCCCCCCCC(=O)OCCC[N+](C)(C)CCOCn1cc(C)c(=O)[nH]c1=O. The molecule has 0 saturated carbocycles. The van der Waals surface area contributed by atoms with Crippen molar-refractivity contribution in [2.24, 2.45) is 0 Å². The maximum Gasteiger partial charge on any atom is 0.330 e. The number of nitrogens with one attached hydrogen (secondary N) is 1. The number of ether oxygens (including phenoxy) is 2. The topological polar surface area (TPSA) is 90.4 Å². The zero-order chi connectivity index (χ0) is 27.4. The second kappa shape index (κ2) is 20.1. The first-order chi connectivity index (χ1) is 17.7. The molecule has 0 aliphatic carbocycles. The molecule has 37 heavy (non-hydrogen) atoms. The molecule has 0 saturated heterocycles. The van der Waals surface area contributed by atoms with Crippen LogP contribution in [-0.4, -0.2) is 60.4 Å². The fourth-order valence-electron chi connectivity index (χ4n) is 4.34. The van der Waals surface area contributed by atoms with Gasteiger partial charge in [-0.2, -0.15) is 0 Å². The zero-order valence-corrected chi connectivity index (χ0v) is 24.2. The number of unbranched alkanes of at least 4 members (excludes halogenated alkanes) is 12. The van der Waals surface area contributed by atoms with Crippen molar-refractivity contribution in [3.8, 4) is 0 Å². The summed E-state index contributed by atoms with van der Waals surface area (Å²) in [5, 5.41) is 0. The third kappa shape index (κ3) is 17.3. The van der Waals surface area contributed by atoms with Gasteiger partial charge in [0.05, 0.1) is 33.9 Å². The van der Waals surface area contributed by atoms with Crippen LogP contribution in [0.15, 0.2) is 15.8 Å². The lowest BCUT2D eigenvalue weighted by Crippen LogP contribution is -2.43. The molecule has 214 valence electrons. The molecular weight excluding hydrogens is 470 g/mol. The first-order valence-corrected chi connectivity index (χ1v) is 14.6. The number of hydrogen-bond acceptors (Lipinski definition) is 5. The molecule has 0 aromatic carbocycles. The number of rotatable bonds is 23. The van der Waals surface area contributed by atoms with E-state index in [4.69, 9.17) is 9.47 Å². The average molecular weight is 525 g/mol. The first-order valence-electron chi connectivity index (χ1n) is 14.6. The predicted octanol–water partition coefficient (Wildman–Crippen LogP) is 5.31. The van der Waals surface area contributed by atoms with E-state index >= 15 is 0 Å². The van der Waals surface area contributed by atoms with Gasteiger partial charge in [0.25, 0.3) is 5.56 Å². The Morgan fingerprint density at radius 2 is 1.41 bits per heavy atom. The number of carbonyl (C=O) groups is 1. The van der Waals surface area contributed by atoms with Gasteiger partial charge in [-0.1, -0.05) is 84.0 Å². The highest BCUT2D eigenvalue weighted by Crippen LogP contribution is 2.13. The van der Waals surface area contributed by atoms with E-state index in [0.717, 1.165) is 36.8 Å². The molecule has 1 aromatic heterocycles. The smallest absolute Gasteiger partial charge is 0.330 e. The van der Waals surface area contributed by atoms with Crippen molar-refractivity contribution in [1.29, 1.82) is 0 Å². The number of likely N-dealkylation sites (N-methyl/N-ethyl adjacent to an activating group) is 1. The van der Waals surface area contributed by atoms with Crippen molar-refractivity contribution >= 4 is 5.97 Å². The highest BCUT2D eigenvalue weighted by molar-refractivity contribution is 5.69. The summed E-state index contributed by atoms with van der Waals surface area (Å²) >= 11 is 0. The van der Waals surface area contributed by atoms with Gasteiger partial charge in [0, 0.05) is 24.6 Å². The summed E-state index contributed by atoms with van der Waals surface area (Å²) in [6, 6.07) is 0. The van der Waals surface area contributed by atoms with E-state index in [-0.39, 0.29) is 18.3 Å². The Labute approximate surface area is 224 Å². The summed E-state index contributed by atoms with van der Waals surface area (Å²) in [7, 11) is 4.21. The minimum atomic E-state index is -0.468. The Bertz CT molecular complexity index is 847. The highest BCUT2D eigenvalue weighted by atomic mass is 16.5. The van der Waals surface area contributed by atoms with Crippen molar-refractivity contribution < 1.29 is 18.8 Å². The van der Waals surface area contributed by atoms with Gasteiger partial charge in [-0.15, -0.1) is 0 Å². The fraction of sp³-hybridized carbons (Fsp3) is 0.828. The first kappa shape index (κ1) is 33.1. The molecule has 0 fully saturated rings. The molecule has 1 heterocycles. The molecule has 0 amide bonds. The van der Waals surface area contributed by atoms with E-state index < -0.39 is 5.69 Å². The Hall–Kier alpha value is -1.93. The molecule has 1 aromatic rings. The number of aromatic amines is 1. The van der Waals surface area contributed by atoms with E-state index in [1.165, 1.54) is 81.4 Å². The van der Waals surface area contributed by atoms with Gasteiger partial charge in [0.2, 0.25) is 0 Å². The number of H-pyrrole nitrogens is 1. The van der Waals surface area contributed by atoms with Crippen molar-refractivity contribution in [2.75, 3.05) is 40.4 Å². The van der Waals surface area contributed by atoms with Crippen LogP contribution in [0.5, 0.6) is 0 Å². The molecule has 1 rings (SSSR count). The van der Waals surface area contributed by atoms with Gasteiger partial charge in [0.1, 0.15) is 13.3 Å². The number of quaternary nitrogens is 1. The van der Waals surface area contributed by atoms with Crippen LogP contribution in [0, 0.1) is 6.92 Å². The van der Waals surface area contributed by atoms with Crippen molar-refractivity contribution in [3.05, 3.63) is 32.6 Å². The van der Waals surface area contributed by atoms with E-state index in [1.54, 1.807) is 6.92 Å². The maximum atomic E-state index is 12.0. The summed E-state index contributed by atoms with van der Waals surface area (Å²) in [5.74, 6) is -0.0849. The largest absolute Gasteiger partial charge is 0.465 e. The lowest BCUT2D eigenvalue weighted by molar-refractivity contribution is -0.891. The molecule has 0 aliphatic rings. The van der Waals surface area contributed by atoms with Crippen LogP contribution in [0.3, 0.4) is 0 Å². The molecule has 8 nitrogen and oxygen atoms in total. The van der Waals surface area contributed by atoms with Gasteiger partial charge >= 0.3 is 11.7 Å². The quantitative estimate of drug-likeness (QED) is 0.119. The van der Waals surface area contributed by atoms with E-state index in [2.05, 4.69) is 26.0 Å². The summed E-state index contributed by atoms with van der Waals surface area (Å²) in [5.41, 5.74) is -0.364. The number of carbonyl (C=O) groups excluding carboxylic acids is 1. The lowest BCUT2D eigenvalue weighted by atomic mass is 10.0. The van der Waals surface area contributed by atoms with Crippen LogP contribution in [0.4, 0.5) is 0 Å². The van der Waals surface area contributed by atoms with Crippen molar-refractivity contribution in [1.82, 2.24) is 9.55 Å². The third-order valence-electron chi connectivity index (χ3n) is 6.92. The van der Waals surface area contributed by atoms with Crippen LogP contribution in [0.1, 0.15) is 109 Å². The molecule has 0 radical (unpaired) electrons. The van der Waals surface area contributed by atoms with Crippen LogP contribution in [0.25, 0.3) is 0 Å². The standard InChI is InChI=1S/C29H53N3O5/c1-5-6-7-8-9-10-11-12-13-14-15-16-17-19-27(33)37-22-18-20-32(3,4)21-23-36-25-31-24-26(2)28(34)30-29(31)35/h24H,5-23,25H2,1-4H3/p+1. The Balaban J connectivity index is 1.97. The zero-order valence-electron chi connectivity index (χ0n) is 24.2. The molecule has 0 spiro atoms. The number of nitrogens with zero attached hydrogens (tertiary/aromatic N) is 2. The van der Waals surface area contributed by atoms with Gasteiger partial charge in [-0.05, 0) is 13.3 Å². The van der Waals surface area contributed by atoms with Crippen molar-refractivity contribution in [3.63, 3.8) is 0 Å². The second-order valence-corrected chi connectivity index (χ2v) is 11.0. The normalized spacial score (nSPS) is 11.7. The Kier molecular flexibility index (Phi) is 18.0. The molecule has 0 unspecified atom stereocenters.